The summed E-state index contributed by atoms with van der Waals surface area (Å²) >= 11 is 0. The van der Waals surface area contributed by atoms with Crippen LogP contribution in [0.4, 0.5) is 5.69 Å². The molecule has 0 spiro atoms. The maximum atomic E-state index is 12.9. The van der Waals surface area contributed by atoms with Gasteiger partial charge in [-0.1, -0.05) is 37.6 Å². The predicted molar refractivity (Wildman–Crippen MR) is 124 cm³/mol. The number of aliphatic hydroxyl groups is 1. The number of benzene rings is 1. The first-order valence-corrected chi connectivity index (χ1v) is 12.1. The molecular weight excluding hydrogens is 404 g/mol. The molecule has 1 aromatic carbocycles. The Balaban J connectivity index is 1.28. The van der Waals surface area contributed by atoms with Crippen molar-refractivity contribution in [3.63, 3.8) is 0 Å². The Morgan fingerprint density at radius 3 is 2.72 bits per heavy atom. The third-order valence-corrected chi connectivity index (χ3v) is 8.82. The van der Waals surface area contributed by atoms with E-state index in [0.717, 1.165) is 56.9 Å². The van der Waals surface area contributed by atoms with E-state index in [1.54, 1.807) is 7.11 Å². The maximum absolute atomic E-state index is 12.9. The number of esters is 1. The summed E-state index contributed by atoms with van der Waals surface area (Å²) in [5.74, 6) is 0.825. The van der Waals surface area contributed by atoms with Gasteiger partial charge in [0.1, 0.15) is 11.9 Å². The van der Waals surface area contributed by atoms with Gasteiger partial charge in [0.2, 0.25) is 0 Å². The van der Waals surface area contributed by atoms with E-state index in [0.29, 0.717) is 12.5 Å². The van der Waals surface area contributed by atoms with Gasteiger partial charge in [0.25, 0.3) is 0 Å². The molecule has 174 valence electrons. The number of ether oxygens (including phenoxy) is 2. The van der Waals surface area contributed by atoms with Gasteiger partial charge in [0, 0.05) is 50.5 Å². The highest BCUT2D eigenvalue weighted by molar-refractivity contribution is 5.76. The molecule has 1 aromatic rings. The quantitative estimate of drug-likeness (QED) is 0.574. The minimum atomic E-state index is -0.533. The number of nitrogens with zero attached hydrogens (tertiary/aromatic N) is 2. The molecule has 1 N–H and O–H groups in total. The molecule has 3 fully saturated rings. The first-order chi connectivity index (χ1) is 15.4. The van der Waals surface area contributed by atoms with Crippen LogP contribution in [-0.4, -0.2) is 68.0 Å². The molecule has 0 aromatic heterocycles. The predicted octanol–water partition coefficient (Wildman–Crippen LogP) is 3.10. The lowest BCUT2D eigenvalue weighted by Gasteiger charge is -2.52. The molecule has 0 unspecified atom stereocenters. The maximum Gasteiger partial charge on any atom is 0.311 e. The number of fused-ring (bicyclic) bond motifs is 2. The Morgan fingerprint density at radius 2 is 1.97 bits per heavy atom. The lowest BCUT2D eigenvalue weighted by atomic mass is 9.55. The lowest BCUT2D eigenvalue weighted by Crippen LogP contribution is -2.55. The molecule has 6 nitrogen and oxygen atoms in total. The highest BCUT2D eigenvalue weighted by atomic mass is 16.6. The molecule has 5 rings (SSSR count). The monoisotopic (exact) mass is 440 g/mol. The van der Waals surface area contributed by atoms with Crippen LogP contribution in [0.3, 0.4) is 0 Å². The fourth-order valence-electron chi connectivity index (χ4n) is 6.61. The standard InChI is InChI=1S/C26H36N2O4/c1-17-7-6-8-18-15-22-23(24(29)26(17,18)2)19(25(30)32-22)16-27-11-13-28(14-12-27)20-9-4-5-10-21(20)31-3/h4-5,8-10,17,19,22-24,29H,6-7,11-16H2,1-3H3/t17-,19+,22+,23+,24-,26+/m0/s1. The Labute approximate surface area is 191 Å². The number of carbonyl (C=O) groups is 1. The van der Waals surface area contributed by atoms with Gasteiger partial charge in [-0.25, -0.2) is 0 Å². The number of hydrogen-bond donors (Lipinski definition) is 1. The third kappa shape index (κ3) is 3.43. The SMILES string of the molecule is COc1ccccc1N1CCN(C[C@H]2C(=O)O[C@@H]3CC4=CCC[C@H](C)[C@@]4(C)[C@@H](O)[C@@H]32)CC1. The summed E-state index contributed by atoms with van der Waals surface area (Å²) in [5.41, 5.74) is 2.17. The van der Waals surface area contributed by atoms with Crippen molar-refractivity contribution in [2.24, 2.45) is 23.2 Å². The molecule has 0 amide bonds. The highest BCUT2D eigenvalue weighted by Crippen LogP contribution is 2.56. The normalized spacial score (nSPS) is 37.4. The van der Waals surface area contributed by atoms with E-state index in [9.17, 15) is 9.90 Å². The van der Waals surface area contributed by atoms with Crippen molar-refractivity contribution in [3.05, 3.63) is 35.9 Å². The van der Waals surface area contributed by atoms with Crippen LogP contribution >= 0.6 is 0 Å². The largest absolute Gasteiger partial charge is 0.495 e. The fourth-order valence-corrected chi connectivity index (χ4v) is 6.61. The second-order valence-corrected chi connectivity index (χ2v) is 10.3. The van der Waals surface area contributed by atoms with Gasteiger partial charge in [0.05, 0.1) is 24.8 Å². The van der Waals surface area contributed by atoms with Crippen LogP contribution in [0.5, 0.6) is 5.75 Å². The zero-order chi connectivity index (χ0) is 22.5. The lowest BCUT2D eigenvalue weighted by molar-refractivity contribution is -0.145. The van der Waals surface area contributed by atoms with Gasteiger partial charge < -0.3 is 19.5 Å². The zero-order valence-corrected chi connectivity index (χ0v) is 19.5. The first-order valence-electron chi connectivity index (χ1n) is 12.1. The van der Waals surface area contributed by atoms with Gasteiger partial charge >= 0.3 is 5.97 Å². The zero-order valence-electron chi connectivity index (χ0n) is 19.5. The van der Waals surface area contributed by atoms with Crippen molar-refractivity contribution in [3.8, 4) is 5.75 Å². The van der Waals surface area contributed by atoms with Crippen LogP contribution in [0.15, 0.2) is 35.9 Å². The molecule has 4 aliphatic rings. The van der Waals surface area contributed by atoms with Gasteiger partial charge in [0.15, 0.2) is 0 Å². The molecule has 6 atom stereocenters. The molecule has 2 aliphatic heterocycles. The van der Waals surface area contributed by atoms with Gasteiger partial charge in [-0.3, -0.25) is 9.69 Å². The Kier molecular flexibility index (Phi) is 5.70. The van der Waals surface area contributed by atoms with Crippen LogP contribution in [0.2, 0.25) is 0 Å². The van der Waals surface area contributed by atoms with Gasteiger partial charge in [-0.15, -0.1) is 0 Å². The number of allylic oxidation sites excluding steroid dienone is 1. The van der Waals surface area contributed by atoms with E-state index in [1.807, 2.05) is 18.2 Å². The number of para-hydroxylation sites is 2. The molecule has 2 saturated heterocycles. The fraction of sp³-hybridized carbons (Fsp3) is 0.654. The second kappa shape index (κ2) is 8.38. The number of anilines is 1. The summed E-state index contributed by atoms with van der Waals surface area (Å²) in [7, 11) is 1.71. The average Bonchev–Trinajstić information content (AvgIpc) is 3.11. The number of hydrogen-bond acceptors (Lipinski definition) is 6. The highest BCUT2D eigenvalue weighted by Gasteiger charge is 2.59. The van der Waals surface area contributed by atoms with Crippen molar-refractivity contribution in [2.75, 3.05) is 44.7 Å². The Hall–Kier alpha value is -2.05. The van der Waals surface area contributed by atoms with Gasteiger partial charge in [-0.05, 0) is 30.9 Å². The van der Waals surface area contributed by atoms with E-state index in [1.165, 1.54) is 5.57 Å². The van der Waals surface area contributed by atoms with Crippen molar-refractivity contribution in [1.29, 1.82) is 0 Å². The third-order valence-electron chi connectivity index (χ3n) is 8.82. The minimum absolute atomic E-state index is 0.113. The minimum Gasteiger partial charge on any atom is -0.495 e. The average molecular weight is 441 g/mol. The van der Waals surface area contributed by atoms with Crippen molar-refractivity contribution >= 4 is 11.7 Å². The summed E-state index contributed by atoms with van der Waals surface area (Å²) in [6.45, 7) is 8.67. The number of rotatable bonds is 4. The first kappa shape index (κ1) is 21.8. The Morgan fingerprint density at radius 1 is 1.22 bits per heavy atom. The summed E-state index contributed by atoms with van der Waals surface area (Å²) in [5, 5.41) is 11.6. The number of aliphatic hydroxyl groups excluding tert-OH is 1. The number of methoxy groups -OCH3 is 1. The van der Waals surface area contributed by atoms with Crippen LogP contribution in [0, 0.1) is 23.2 Å². The van der Waals surface area contributed by atoms with E-state index in [2.05, 4.69) is 35.8 Å². The summed E-state index contributed by atoms with van der Waals surface area (Å²) in [6, 6.07) is 8.13. The van der Waals surface area contributed by atoms with Crippen LogP contribution in [0.1, 0.15) is 33.1 Å². The van der Waals surface area contributed by atoms with E-state index < -0.39 is 6.10 Å². The van der Waals surface area contributed by atoms with Crippen LogP contribution < -0.4 is 9.64 Å². The number of piperazine rings is 1. The summed E-state index contributed by atoms with van der Waals surface area (Å²) in [6.07, 6.45) is 4.52. The van der Waals surface area contributed by atoms with Crippen molar-refractivity contribution in [1.82, 2.24) is 4.90 Å². The molecule has 0 bridgehead atoms. The second-order valence-electron chi connectivity index (χ2n) is 10.3. The summed E-state index contributed by atoms with van der Waals surface area (Å²) < 4.78 is 11.4. The van der Waals surface area contributed by atoms with Crippen LogP contribution in [-0.2, 0) is 9.53 Å². The summed E-state index contributed by atoms with van der Waals surface area (Å²) in [4.78, 5) is 17.6. The Bertz CT molecular complexity index is 894. The molecular formula is C26H36N2O4. The van der Waals surface area contributed by atoms with E-state index in [-0.39, 0.29) is 29.3 Å². The van der Waals surface area contributed by atoms with Crippen molar-refractivity contribution < 1.29 is 19.4 Å². The van der Waals surface area contributed by atoms with Gasteiger partial charge in [-0.2, -0.15) is 0 Å². The smallest absolute Gasteiger partial charge is 0.311 e. The van der Waals surface area contributed by atoms with Crippen molar-refractivity contribution in [2.45, 2.75) is 45.3 Å². The van der Waals surface area contributed by atoms with E-state index in [4.69, 9.17) is 9.47 Å². The van der Waals surface area contributed by atoms with E-state index >= 15 is 0 Å². The molecule has 2 aliphatic carbocycles. The molecule has 2 heterocycles. The molecule has 32 heavy (non-hydrogen) atoms. The topological polar surface area (TPSA) is 62.2 Å². The number of carbonyl (C=O) groups excluding carboxylic acids is 1. The molecule has 1 saturated carbocycles. The molecule has 0 radical (unpaired) electrons. The van der Waals surface area contributed by atoms with Crippen LogP contribution in [0.25, 0.3) is 0 Å². The molecule has 6 heteroatoms.